The molecule has 1 fully saturated rings. The van der Waals surface area contributed by atoms with Crippen molar-refractivity contribution in [3.63, 3.8) is 0 Å². The van der Waals surface area contributed by atoms with Gasteiger partial charge >= 0.3 is 0 Å². The smallest absolute Gasteiger partial charge is 0.242 e. The maximum Gasteiger partial charge on any atom is 0.242 e. The van der Waals surface area contributed by atoms with Gasteiger partial charge in [-0.25, -0.2) is 0 Å². The molecule has 1 aliphatic rings. The van der Waals surface area contributed by atoms with E-state index in [1.54, 1.807) is 11.3 Å². The van der Waals surface area contributed by atoms with E-state index in [4.69, 9.17) is 4.74 Å². The lowest BCUT2D eigenvalue weighted by Crippen LogP contribution is -2.56. The summed E-state index contributed by atoms with van der Waals surface area (Å²) in [6, 6.07) is 3.97. The van der Waals surface area contributed by atoms with Gasteiger partial charge in [-0.1, -0.05) is 6.07 Å². The number of hydrogen-bond acceptors (Lipinski definition) is 4. The molecule has 1 aromatic rings. The summed E-state index contributed by atoms with van der Waals surface area (Å²) in [7, 11) is 0. The Morgan fingerprint density at radius 1 is 1.63 bits per heavy atom. The molecule has 5 heteroatoms. The third-order valence-electron chi connectivity index (χ3n) is 3.48. The molecule has 2 atom stereocenters. The molecule has 19 heavy (non-hydrogen) atoms. The molecular weight excluding hydrogens is 260 g/mol. The molecule has 0 unspecified atom stereocenters. The Hall–Kier alpha value is -0.910. The van der Waals surface area contributed by atoms with E-state index in [1.807, 2.05) is 18.7 Å². The summed E-state index contributed by atoms with van der Waals surface area (Å²) < 4.78 is 5.55. The van der Waals surface area contributed by atoms with Crippen LogP contribution < -0.4 is 5.32 Å². The zero-order valence-electron chi connectivity index (χ0n) is 11.6. The van der Waals surface area contributed by atoms with E-state index < -0.39 is 0 Å². The van der Waals surface area contributed by atoms with Crippen LogP contribution in [0.25, 0.3) is 0 Å². The van der Waals surface area contributed by atoms with Crippen molar-refractivity contribution in [1.82, 2.24) is 10.2 Å². The van der Waals surface area contributed by atoms with Crippen molar-refractivity contribution in [3.8, 4) is 0 Å². The Labute approximate surface area is 118 Å². The highest BCUT2D eigenvalue weighted by Gasteiger charge is 2.31. The number of likely N-dealkylation sites (N-methyl/N-ethyl adjacent to an activating group) is 1. The highest BCUT2D eigenvalue weighted by atomic mass is 32.1. The Morgan fingerprint density at radius 3 is 3.11 bits per heavy atom. The van der Waals surface area contributed by atoms with E-state index >= 15 is 0 Å². The maximum atomic E-state index is 12.5. The van der Waals surface area contributed by atoms with Crippen LogP contribution in [0.1, 0.15) is 18.7 Å². The normalized spacial score (nSPS) is 23.3. The van der Waals surface area contributed by atoms with Crippen molar-refractivity contribution in [3.05, 3.63) is 22.4 Å². The van der Waals surface area contributed by atoms with Crippen LogP contribution in [0.15, 0.2) is 17.5 Å². The monoisotopic (exact) mass is 282 g/mol. The van der Waals surface area contributed by atoms with Gasteiger partial charge in [0.05, 0.1) is 12.7 Å². The average Bonchev–Trinajstić information content (AvgIpc) is 2.93. The number of nitrogens with one attached hydrogen (secondary N) is 1. The number of carbonyl (C=O) groups is 1. The molecule has 0 spiro atoms. The SMILES string of the molecule is CCN(CCc1cccs1)C(=O)[C@H]1NCCO[C@@H]1C. The summed E-state index contributed by atoms with van der Waals surface area (Å²) in [5.74, 6) is 0.159. The van der Waals surface area contributed by atoms with Crippen LogP contribution in [0.5, 0.6) is 0 Å². The average molecular weight is 282 g/mol. The first-order chi connectivity index (χ1) is 9.22. The van der Waals surface area contributed by atoms with Crippen LogP contribution in [-0.4, -0.2) is 49.2 Å². The first-order valence-electron chi connectivity index (χ1n) is 6.88. The predicted molar refractivity (Wildman–Crippen MR) is 77.5 cm³/mol. The Morgan fingerprint density at radius 2 is 2.47 bits per heavy atom. The van der Waals surface area contributed by atoms with Gasteiger partial charge in [0.1, 0.15) is 6.04 Å². The number of morpholine rings is 1. The van der Waals surface area contributed by atoms with Crippen LogP contribution in [0.2, 0.25) is 0 Å². The Bertz CT molecular complexity index is 394. The van der Waals surface area contributed by atoms with Gasteiger partial charge in [-0.3, -0.25) is 4.79 Å². The topological polar surface area (TPSA) is 41.6 Å². The van der Waals surface area contributed by atoms with Gasteiger partial charge in [0, 0.05) is 24.5 Å². The van der Waals surface area contributed by atoms with Crippen LogP contribution >= 0.6 is 11.3 Å². The second-order valence-electron chi connectivity index (χ2n) is 4.75. The predicted octanol–water partition coefficient (Wildman–Crippen LogP) is 1.52. The van der Waals surface area contributed by atoms with Gasteiger partial charge in [0.25, 0.3) is 0 Å². The fourth-order valence-electron chi connectivity index (χ4n) is 2.33. The van der Waals surface area contributed by atoms with Gasteiger partial charge in [-0.05, 0) is 31.7 Å². The first-order valence-corrected chi connectivity index (χ1v) is 7.76. The Balaban J connectivity index is 1.90. The van der Waals surface area contributed by atoms with E-state index in [9.17, 15) is 4.79 Å². The van der Waals surface area contributed by atoms with E-state index in [0.29, 0.717) is 6.61 Å². The van der Waals surface area contributed by atoms with Crippen molar-refractivity contribution < 1.29 is 9.53 Å². The number of ether oxygens (including phenoxy) is 1. The standard InChI is InChI=1S/C14H22N2O2S/c1-3-16(8-6-12-5-4-10-19-12)14(17)13-11(2)18-9-7-15-13/h4-5,10-11,13,15H,3,6-9H2,1-2H3/t11-,13+/m1/s1. The van der Waals surface area contributed by atoms with Gasteiger partial charge < -0.3 is 15.0 Å². The van der Waals surface area contributed by atoms with Crippen LogP contribution in [0.4, 0.5) is 0 Å². The summed E-state index contributed by atoms with van der Waals surface area (Å²) in [6.07, 6.45) is 0.885. The molecule has 106 valence electrons. The molecule has 0 aromatic carbocycles. The lowest BCUT2D eigenvalue weighted by molar-refractivity contribution is -0.139. The molecule has 1 amide bonds. The molecule has 1 aliphatic heterocycles. The van der Waals surface area contributed by atoms with Gasteiger partial charge in [-0.2, -0.15) is 0 Å². The molecule has 1 saturated heterocycles. The summed E-state index contributed by atoms with van der Waals surface area (Å²) in [5.41, 5.74) is 0. The lowest BCUT2D eigenvalue weighted by atomic mass is 10.1. The molecule has 4 nitrogen and oxygen atoms in total. The first kappa shape index (κ1) is 14.5. The van der Waals surface area contributed by atoms with Crippen molar-refractivity contribution in [2.75, 3.05) is 26.2 Å². The van der Waals surface area contributed by atoms with Gasteiger partial charge in [0.15, 0.2) is 0 Å². The van der Waals surface area contributed by atoms with Gasteiger partial charge in [-0.15, -0.1) is 11.3 Å². The minimum Gasteiger partial charge on any atom is -0.375 e. The van der Waals surface area contributed by atoms with E-state index in [1.165, 1.54) is 4.88 Å². The van der Waals surface area contributed by atoms with Crippen molar-refractivity contribution in [2.24, 2.45) is 0 Å². The zero-order chi connectivity index (χ0) is 13.7. The zero-order valence-corrected chi connectivity index (χ0v) is 12.4. The fourth-order valence-corrected chi connectivity index (χ4v) is 3.03. The van der Waals surface area contributed by atoms with Crippen molar-refractivity contribution >= 4 is 17.2 Å². The minimum atomic E-state index is -0.197. The summed E-state index contributed by atoms with van der Waals surface area (Å²) in [4.78, 5) is 15.7. The number of nitrogens with zero attached hydrogens (tertiary/aromatic N) is 1. The van der Waals surface area contributed by atoms with E-state index in [2.05, 4.69) is 22.8 Å². The number of amides is 1. The largest absolute Gasteiger partial charge is 0.375 e. The highest BCUT2D eigenvalue weighted by molar-refractivity contribution is 7.09. The van der Waals surface area contributed by atoms with Crippen molar-refractivity contribution in [2.45, 2.75) is 32.4 Å². The third kappa shape index (κ3) is 3.78. The molecule has 0 bridgehead atoms. The fraction of sp³-hybridized carbons (Fsp3) is 0.643. The minimum absolute atomic E-state index is 0.0444. The summed E-state index contributed by atoms with van der Waals surface area (Å²) in [5, 5.41) is 5.34. The molecule has 0 radical (unpaired) electrons. The highest BCUT2D eigenvalue weighted by Crippen LogP contribution is 2.12. The molecule has 1 N–H and O–H groups in total. The van der Waals surface area contributed by atoms with E-state index in [-0.39, 0.29) is 18.1 Å². The number of rotatable bonds is 5. The van der Waals surface area contributed by atoms with Crippen LogP contribution in [-0.2, 0) is 16.0 Å². The summed E-state index contributed by atoms with van der Waals surface area (Å²) in [6.45, 7) is 6.95. The second-order valence-corrected chi connectivity index (χ2v) is 5.79. The van der Waals surface area contributed by atoms with Crippen LogP contribution in [0, 0.1) is 0 Å². The molecule has 1 aromatic heterocycles. The van der Waals surface area contributed by atoms with Crippen LogP contribution in [0.3, 0.4) is 0 Å². The van der Waals surface area contributed by atoms with E-state index in [0.717, 1.165) is 26.1 Å². The third-order valence-corrected chi connectivity index (χ3v) is 4.42. The molecule has 0 aliphatic carbocycles. The molecule has 2 rings (SSSR count). The lowest BCUT2D eigenvalue weighted by Gasteiger charge is -2.33. The molecule has 2 heterocycles. The maximum absolute atomic E-state index is 12.5. The van der Waals surface area contributed by atoms with Gasteiger partial charge in [0.2, 0.25) is 5.91 Å². The Kier molecular flexibility index (Phi) is 5.36. The second kappa shape index (κ2) is 7.03. The number of thiophene rings is 1. The number of carbonyl (C=O) groups excluding carboxylic acids is 1. The molecule has 0 saturated carbocycles. The quantitative estimate of drug-likeness (QED) is 0.890. The van der Waals surface area contributed by atoms with Crippen molar-refractivity contribution in [1.29, 1.82) is 0 Å². The number of hydrogen-bond donors (Lipinski definition) is 1. The molecular formula is C14H22N2O2S. The summed E-state index contributed by atoms with van der Waals surface area (Å²) >= 11 is 1.74.